The van der Waals surface area contributed by atoms with Crippen molar-refractivity contribution < 1.29 is 9.53 Å². The highest BCUT2D eigenvalue weighted by atomic mass is 16.5. The van der Waals surface area contributed by atoms with E-state index in [1.807, 2.05) is 0 Å². The Labute approximate surface area is 122 Å². The van der Waals surface area contributed by atoms with Crippen molar-refractivity contribution in [2.24, 2.45) is 11.1 Å². The van der Waals surface area contributed by atoms with Gasteiger partial charge in [0.25, 0.3) is 0 Å². The van der Waals surface area contributed by atoms with Crippen molar-refractivity contribution in [2.75, 3.05) is 19.7 Å². The van der Waals surface area contributed by atoms with Gasteiger partial charge >= 0.3 is 0 Å². The standard InChI is InChI=1S/C16H30N2O2/c17-13-16(9-5-1-2-6-10-16)15(19)18-11-12-20-14-7-3-4-8-14/h14H,1-13,17H2,(H,18,19). The summed E-state index contributed by atoms with van der Waals surface area (Å²) in [6.07, 6.45) is 12.0. The first-order valence-corrected chi connectivity index (χ1v) is 8.37. The molecule has 0 aromatic carbocycles. The molecule has 4 nitrogen and oxygen atoms in total. The van der Waals surface area contributed by atoms with Gasteiger partial charge in [-0.3, -0.25) is 4.79 Å². The molecule has 0 aromatic rings. The number of nitrogens with two attached hydrogens (primary N) is 1. The number of rotatable bonds is 6. The molecule has 0 spiro atoms. The quantitative estimate of drug-likeness (QED) is 0.580. The molecule has 0 bridgehead atoms. The number of carbonyl (C=O) groups excluding carboxylic acids is 1. The Bertz CT molecular complexity index is 293. The summed E-state index contributed by atoms with van der Waals surface area (Å²) in [7, 11) is 0. The molecule has 0 unspecified atom stereocenters. The Balaban J connectivity index is 1.71. The second-order valence-electron chi connectivity index (χ2n) is 6.43. The fraction of sp³-hybridized carbons (Fsp3) is 0.938. The molecule has 2 rings (SSSR count). The first-order valence-electron chi connectivity index (χ1n) is 8.37. The first kappa shape index (κ1) is 15.8. The van der Waals surface area contributed by atoms with Crippen LogP contribution in [0, 0.1) is 5.41 Å². The predicted molar refractivity (Wildman–Crippen MR) is 80.4 cm³/mol. The van der Waals surface area contributed by atoms with Crippen LogP contribution in [0.2, 0.25) is 0 Å². The lowest BCUT2D eigenvalue weighted by atomic mass is 9.79. The highest BCUT2D eigenvalue weighted by Crippen LogP contribution is 2.34. The van der Waals surface area contributed by atoms with Crippen molar-refractivity contribution in [2.45, 2.75) is 70.3 Å². The summed E-state index contributed by atoms with van der Waals surface area (Å²) in [5.41, 5.74) is 5.60. The van der Waals surface area contributed by atoms with Crippen LogP contribution in [-0.4, -0.2) is 31.7 Å². The molecule has 0 atom stereocenters. The minimum absolute atomic E-state index is 0.150. The van der Waals surface area contributed by atoms with Crippen molar-refractivity contribution in [3.05, 3.63) is 0 Å². The van der Waals surface area contributed by atoms with Gasteiger partial charge in [0.15, 0.2) is 0 Å². The van der Waals surface area contributed by atoms with Gasteiger partial charge in [-0.1, -0.05) is 38.5 Å². The first-order chi connectivity index (χ1) is 9.77. The number of hydrogen-bond acceptors (Lipinski definition) is 3. The zero-order valence-electron chi connectivity index (χ0n) is 12.7. The second kappa shape index (κ2) is 7.99. The van der Waals surface area contributed by atoms with Crippen molar-refractivity contribution in [1.29, 1.82) is 0 Å². The van der Waals surface area contributed by atoms with E-state index in [2.05, 4.69) is 5.32 Å². The molecule has 2 aliphatic carbocycles. The van der Waals surface area contributed by atoms with Crippen LogP contribution in [0.1, 0.15) is 64.2 Å². The summed E-state index contributed by atoms with van der Waals surface area (Å²) in [6.45, 7) is 1.73. The molecular formula is C16H30N2O2. The molecule has 2 aliphatic rings. The van der Waals surface area contributed by atoms with E-state index in [1.54, 1.807) is 0 Å². The Kier molecular flexibility index (Phi) is 6.30. The van der Waals surface area contributed by atoms with Gasteiger partial charge in [0.2, 0.25) is 5.91 Å². The molecule has 3 N–H and O–H groups in total. The Morgan fingerprint density at radius 2 is 1.75 bits per heavy atom. The molecule has 2 fully saturated rings. The van der Waals surface area contributed by atoms with Crippen molar-refractivity contribution in [3.8, 4) is 0 Å². The molecule has 0 aliphatic heterocycles. The van der Waals surface area contributed by atoms with Crippen LogP contribution < -0.4 is 11.1 Å². The fourth-order valence-corrected chi connectivity index (χ4v) is 3.56. The minimum Gasteiger partial charge on any atom is -0.376 e. The number of carbonyl (C=O) groups is 1. The van der Waals surface area contributed by atoms with E-state index in [0.29, 0.717) is 25.8 Å². The number of ether oxygens (including phenoxy) is 1. The normalized spacial score (nSPS) is 23.4. The highest BCUT2D eigenvalue weighted by molar-refractivity contribution is 5.82. The third-order valence-electron chi connectivity index (χ3n) is 4.98. The molecule has 2 saturated carbocycles. The van der Waals surface area contributed by atoms with E-state index in [9.17, 15) is 4.79 Å². The van der Waals surface area contributed by atoms with E-state index >= 15 is 0 Å². The van der Waals surface area contributed by atoms with E-state index in [1.165, 1.54) is 38.5 Å². The van der Waals surface area contributed by atoms with Gasteiger partial charge in [-0.25, -0.2) is 0 Å². The van der Waals surface area contributed by atoms with Gasteiger partial charge in [0.1, 0.15) is 0 Å². The molecule has 0 aromatic heterocycles. The van der Waals surface area contributed by atoms with E-state index in [-0.39, 0.29) is 11.3 Å². The van der Waals surface area contributed by atoms with E-state index in [0.717, 1.165) is 25.7 Å². The molecule has 1 amide bonds. The molecule has 20 heavy (non-hydrogen) atoms. The largest absolute Gasteiger partial charge is 0.376 e. The SMILES string of the molecule is NCC1(C(=O)NCCOC2CCCC2)CCCCCC1. The number of nitrogens with one attached hydrogen (secondary N) is 1. The van der Waals surface area contributed by atoms with Crippen molar-refractivity contribution in [1.82, 2.24) is 5.32 Å². The Hall–Kier alpha value is -0.610. The van der Waals surface area contributed by atoms with Crippen LogP contribution in [0.15, 0.2) is 0 Å². The minimum atomic E-state index is -0.316. The van der Waals surface area contributed by atoms with Gasteiger partial charge in [-0.2, -0.15) is 0 Å². The molecule has 0 heterocycles. The number of amides is 1. The molecule has 0 saturated heterocycles. The Morgan fingerprint density at radius 3 is 2.35 bits per heavy atom. The van der Waals surface area contributed by atoms with Crippen LogP contribution in [0.5, 0.6) is 0 Å². The van der Waals surface area contributed by atoms with Crippen molar-refractivity contribution in [3.63, 3.8) is 0 Å². The zero-order chi connectivity index (χ0) is 14.3. The summed E-state index contributed by atoms with van der Waals surface area (Å²) in [5, 5.41) is 3.05. The lowest BCUT2D eigenvalue weighted by Crippen LogP contribution is -2.46. The van der Waals surface area contributed by atoms with Gasteiger partial charge in [0.05, 0.1) is 18.1 Å². The molecular weight excluding hydrogens is 252 g/mol. The van der Waals surface area contributed by atoms with Gasteiger partial charge in [0, 0.05) is 13.1 Å². The van der Waals surface area contributed by atoms with Crippen LogP contribution in [0.4, 0.5) is 0 Å². The van der Waals surface area contributed by atoms with Crippen LogP contribution >= 0.6 is 0 Å². The monoisotopic (exact) mass is 282 g/mol. The Morgan fingerprint density at radius 1 is 1.10 bits per heavy atom. The van der Waals surface area contributed by atoms with E-state index < -0.39 is 0 Å². The maximum atomic E-state index is 12.5. The molecule has 4 heteroatoms. The zero-order valence-corrected chi connectivity index (χ0v) is 12.7. The third-order valence-corrected chi connectivity index (χ3v) is 4.98. The fourth-order valence-electron chi connectivity index (χ4n) is 3.56. The van der Waals surface area contributed by atoms with Gasteiger partial charge in [-0.05, 0) is 25.7 Å². The third kappa shape index (κ3) is 4.19. The average Bonchev–Trinajstić information content (AvgIpc) is 2.86. The maximum Gasteiger partial charge on any atom is 0.227 e. The van der Waals surface area contributed by atoms with Gasteiger partial charge < -0.3 is 15.8 Å². The summed E-state index contributed by atoms with van der Waals surface area (Å²) in [6, 6.07) is 0. The lowest BCUT2D eigenvalue weighted by Gasteiger charge is -2.29. The maximum absolute atomic E-state index is 12.5. The number of hydrogen-bond donors (Lipinski definition) is 2. The second-order valence-corrected chi connectivity index (χ2v) is 6.43. The predicted octanol–water partition coefficient (Wildman–Crippen LogP) is 2.36. The van der Waals surface area contributed by atoms with Crippen molar-refractivity contribution >= 4 is 5.91 Å². The summed E-state index contributed by atoms with van der Waals surface area (Å²) in [4.78, 5) is 12.5. The summed E-state index contributed by atoms with van der Waals surface area (Å²) >= 11 is 0. The summed E-state index contributed by atoms with van der Waals surface area (Å²) in [5.74, 6) is 0.150. The average molecular weight is 282 g/mol. The van der Waals surface area contributed by atoms with Crippen LogP contribution in [-0.2, 0) is 9.53 Å². The lowest BCUT2D eigenvalue weighted by molar-refractivity contribution is -0.131. The van der Waals surface area contributed by atoms with Crippen LogP contribution in [0.3, 0.4) is 0 Å². The van der Waals surface area contributed by atoms with Crippen LogP contribution in [0.25, 0.3) is 0 Å². The molecule has 116 valence electrons. The molecule has 0 radical (unpaired) electrons. The topological polar surface area (TPSA) is 64.4 Å². The smallest absolute Gasteiger partial charge is 0.227 e. The van der Waals surface area contributed by atoms with E-state index in [4.69, 9.17) is 10.5 Å². The highest BCUT2D eigenvalue weighted by Gasteiger charge is 2.36. The van der Waals surface area contributed by atoms with Gasteiger partial charge in [-0.15, -0.1) is 0 Å². The summed E-state index contributed by atoms with van der Waals surface area (Å²) < 4.78 is 5.79.